The molecule has 0 fully saturated rings. The van der Waals surface area contributed by atoms with Crippen LogP contribution in [0.2, 0.25) is 0 Å². The topological polar surface area (TPSA) is 116 Å². The number of hydrogen-bond donors (Lipinski definition) is 0. The highest BCUT2D eigenvalue weighted by molar-refractivity contribution is 7.92. The molecule has 0 amide bonds. The minimum Gasteiger partial charge on any atom is -0.484 e. The number of nitrogens with zero attached hydrogens (tertiary/aromatic N) is 1. The summed E-state index contributed by atoms with van der Waals surface area (Å²) in [5.74, 6) is -1.68. The summed E-state index contributed by atoms with van der Waals surface area (Å²) in [6.07, 6.45) is -1.25. The molecular formula is C28H29F2NO8S2. The molecule has 2 atom stereocenters. The first-order chi connectivity index (χ1) is 19.1. The lowest BCUT2D eigenvalue weighted by Crippen LogP contribution is -2.52. The summed E-state index contributed by atoms with van der Waals surface area (Å²) in [7, 11) is -8.67. The molecule has 1 heterocycles. The Morgan fingerprint density at radius 1 is 0.902 bits per heavy atom. The van der Waals surface area contributed by atoms with Crippen molar-refractivity contribution in [2.24, 2.45) is 0 Å². The quantitative estimate of drug-likeness (QED) is 0.269. The number of carbonyl (C=O) groups excluding carboxylic acids is 1. The fourth-order valence-corrected chi connectivity index (χ4v) is 6.79. The van der Waals surface area contributed by atoms with Crippen molar-refractivity contribution in [3.63, 3.8) is 0 Å². The van der Waals surface area contributed by atoms with Crippen LogP contribution < -0.4 is 9.04 Å². The molecular weight excluding hydrogens is 580 g/mol. The Kier molecular flexibility index (Phi) is 8.44. The van der Waals surface area contributed by atoms with Crippen LogP contribution in [0.5, 0.6) is 5.75 Å². The Morgan fingerprint density at radius 2 is 1.46 bits per heavy atom. The van der Waals surface area contributed by atoms with Gasteiger partial charge in [0.05, 0.1) is 27.9 Å². The lowest BCUT2D eigenvalue weighted by atomic mass is 10.1. The van der Waals surface area contributed by atoms with Crippen molar-refractivity contribution in [3.8, 4) is 5.75 Å². The third kappa shape index (κ3) is 7.03. The summed E-state index contributed by atoms with van der Waals surface area (Å²) in [5.41, 5.74) is -0.176. The first kappa shape index (κ1) is 30.4. The Balaban J connectivity index is 1.69. The van der Waals surface area contributed by atoms with Gasteiger partial charge in [-0.05, 0) is 93.9 Å². The molecule has 0 spiro atoms. The number of carbonyl (C=O) groups is 1. The molecule has 0 unspecified atom stereocenters. The van der Waals surface area contributed by atoms with Gasteiger partial charge >= 0.3 is 5.97 Å². The largest absolute Gasteiger partial charge is 0.484 e. The van der Waals surface area contributed by atoms with Gasteiger partial charge in [-0.25, -0.2) is 17.2 Å². The van der Waals surface area contributed by atoms with Gasteiger partial charge in [0.15, 0.2) is 0 Å². The highest BCUT2D eigenvalue weighted by Gasteiger charge is 2.41. The van der Waals surface area contributed by atoms with E-state index < -0.39 is 62.1 Å². The Labute approximate surface area is 237 Å². The van der Waals surface area contributed by atoms with E-state index >= 15 is 0 Å². The molecule has 0 radical (unpaired) electrons. The third-order valence-electron chi connectivity index (χ3n) is 6.08. The first-order valence-electron chi connectivity index (χ1n) is 12.5. The molecule has 0 aromatic heterocycles. The second kappa shape index (κ2) is 11.4. The van der Waals surface area contributed by atoms with Crippen LogP contribution >= 0.6 is 0 Å². The van der Waals surface area contributed by atoms with E-state index in [4.69, 9.17) is 13.7 Å². The van der Waals surface area contributed by atoms with Gasteiger partial charge in [0, 0.05) is 0 Å². The number of hydrogen-bond acceptors (Lipinski definition) is 8. The minimum atomic E-state index is -4.34. The normalized spacial score (nSPS) is 17.5. The average molecular weight is 610 g/mol. The maximum Gasteiger partial charge on any atom is 0.310 e. The molecule has 13 heteroatoms. The Morgan fingerprint density at radius 3 is 2.02 bits per heavy atom. The molecule has 9 nitrogen and oxygen atoms in total. The Hall–Kier alpha value is -3.55. The van der Waals surface area contributed by atoms with Crippen LogP contribution in [-0.4, -0.2) is 47.2 Å². The molecule has 41 heavy (non-hydrogen) atoms. The van der Waals surface area contributed by atoms with E-state index in [0.29, 0.717) is 5.56 Å². The summed E-state index contributed by atoms with van der Waals surface area (Å²) >= 11 is 0. The van der Waals surface area contributed by atoms with Crippen molar-refractivity contribution in [2.75, 3.05) is 10.9 Å². The highest BCUT2D eigenvalue weighted by atomic mass is 32.2. The van der Waals surface area contributed by atoms with Gasteiger partial charge in [-0.15, -0.1) is 0 Å². The molecule has 220 valence electrons. The van der Waals surface area contributed by atoms with E-state index in [1.165, 1.54) is 19.1 Å². The average Bonchev–Trinajstić information content (AvgIpc) is 2.87. The van der Waals surface area contributed by atoms with Gasteiger partial charge in [0.2, 0.25) is 0 Å². The van der Waals surface area contributed by atoms with Crippen LogP contribution in [0.4, 0.5) is 14.5 Å². The summed E-state index contributed by atoms with van der Waals surface area (Å²) in [4.78, 5) is 11.9. The summed E-state index contributed by atoms with van der Waals surface area (Å²) in [6, 6.07) is 11.8. The van der Waals surface area contributed by atoms with Crippen LogP contribution in [0.1, 0.15) is 33.3 Å². The van der Waals surface area contributed by atoms with Crippen LogP contribution in [0, 0.1) is 11.6 Å². The fourth-order valence-electron chi connectivity index (χ4n) is 4.19. The molecule has 1 aliphatic heterocycles. The van der Waals surface area contributed by atoms with Crippen LogP contribution in [-0.2, 0) is 40.3 Å². The van der Waals surface area contributed by atoms with Gasteiger partial charge < -0.3 is 9.47 Å². The molecule has 3 aromatic carbocycles. The second-order valence-corrected chi connectivity index (χ2v) is 13.8. The molecule has 3 aromatic rings. The van der Waals surface area contributed by atoms with E-state index in [0.717, 1.165) is 52.8 Å². The lowest BCUT2D eigenvalue weighted by Gasteiger charge is -2.40. The summed E-state index contributed by atoms with van der Waals surface area (Å²) < 4.78 is 97.6. The molecule has 1 aliphatic rings. The predicted octanol–water partition coefficient (Wildman–Crippen LogP) is 4.60. The van der Waals surface area contributed by atoms with Crippen molar-refractivity contribution in [1.82, 2.24) is 0 Å². The number of rotatable bonds is 8. The van der Waals surface area contributed by atoms with Crippen LogP contribution in [0.25, 0.3) is 0 Å². The molecule has 0 saturated carbocycles. The van der Waals surface area contributed by atoms with Crippen molar-refractivity contribution < 1.29 is 44.1 Å². The molecule has 4 rings (SSSR count). The van der Waals surface area contributed by atoms with Gasteiger partial charge in [-0.2, -0.15) is 8.42 Å². The van der Waals surface area contributed by atoms with Crippen molar-refractivity contribution in [3.05, 3.63) is 83.9 Å². The number of benzene rings is 3. The van der Waals surface area contributed by atoms with Crippen molar-refractivity contribution in [1.29, 1.82) is 0 Å². The van der Waals surface area contributed by atoms with E-state index in [2.05, 4.69) is 0 Å². The van der Waals surface area contributed by atoms with E-state index in [-0.39, 0.29) is 27.6 Å². The number of anilines is 1. The van der Waals surface area contributed by atoms with Gasteiger partial charge in [0.1, 0.15) is 35.7 Å². The summed E-state index contributed by atoms with van der Waals surface area (Å²) in [5, 5.41) is 0. The highest BCUT2D eigenvalue weighted by Crippen LogP contribution is 2.41. The lowest BCUT2D eigenvalue weighted by molar-refractivity contribution is -0.153. The zero-order valence-corrected chi connectivity index (χ0v) is 24.3. The second-order valence-electron chi connectivity index (χ2n) is 10.4. The Bertz CT molecular complexity index is 1640. The molecule has 0 bridgehead atoms. The zero-order valence-electron chi connectivity index (χ0n) is 22.7. The predicted molar refractivity (Wildman–Crippen MR) is 145 cm³/mol. The minimum absolute atomic E-state index is 0.0921. The van der Waals surface area contributed by atoms with Crippen molar-refractivity contribution in [2.45, 2.75) is 61.7 Å². The zero-order chi connectivity index (χ0) is 30.2. The SMILES string of the molecule is C[C@H]1[C@@H](COS(=O)(=O)c2ccc(F)cc2)Oc2ccc(CC(=O)OC(C)(C)C)cc2N1S(=O)(=O)c1ccc(F)cc1. The fraction of sp³-hybridized carbons (Fsp3) is 0.321. The maximum atomic E-state index is 13.9. The standard InChI is InChI=1S/C28H29F2NO8S2/c1-18-26(17-37-41(35,36)23-12-8-21(30)9-13-23)38-25-14-5-19(16-27(32)39-28(2,3)4)15-24(25)31(18)40(33,34)22-10-6-20(29)7-11-22/h5-15,18,26H,16-17H2,1-4H3/t18-,26+/m0/s1. The maximum absolute atomic E-state index is 13.9. The van der Waals surface area contributed by atoms with Crippen LogP contribution in [0.15, 0.2) is 76.5 Å². The third-order valence-corrected chi connectivity index (χ3v) is 9.29. The van der Waals surface area contributed by atoms with E-state index in [1.54, 1.807) is 26.8 Å². The van der Waals surface area contributed by atoms with Crippen molar-refractivity contribution >= 4 is 31.8 Å². The molecule has 0 N–H and O–H groups in total. The number of halogens is 2. The number of ether oxygens (including phenoxy) is 2. The van der Waals surface area contributed by atoms with Gasteiger partial charge in [0.25, 0.3) is 20.1 Å². The van der Waals surface area contributed by atoms with E-state index in [1.807, 2.05) is 0 Å². The van der Waals surface area contributed by atoms with Crippen LogP contribution in [0.3, 0.4) is 0 Å². The molecule has 0 saturated heterocycles. The summed E-state index contributed by atoms with van der Waals surface area (Å²) in [6.45, 7) is 6.10. The first-order valence-corrected chi connectivity index (χ1v) is 15.4. The van der Waals surface area contributed by atoms with Gasteiger partial charge in [-0.1, -0.05) is 6.07 Å². The number of esters is 1. The number of fused-ring (bicyclic) bond motifs is 1. The number of sulfonamides is 1. The van der Waals surface area contributed by atoms with E-state index in [9.17, 15) is 30.4 Å². The van der Waals surface area contributed by atoms with Gasteiger partial charge in [-0.3, -0.25) is 13.3 Å². The monoisotopic (exact) mass is 609 g/mol. The smallest absolute Gasteiger partial charge is 0.310 e. The molecule has 0 aliphatic carbocycles.